The second kappa shape index (κ2) is 5.83. The predicted octanol–water partition coefficient (Wildman–Crippen LogP) is -0.0303. The van der Waals surface area contributed by atoms with Gasteiger partial charge in [0.15, 0.2) is 0 Å². The van der Waals surface area contributed by atoms with Crippen LogP contribution in [0.4, 0.5) is 0 Å². The Balaban J connectivity index is 1.87. The topological polar surface area (TPSA) is 67.9 Å². The van der Waals surface area contributed by atoms with E-state index in [1.54, 1.807) is 7.11 Å². The van der Waals surface area contributed by atoms with E-state index in [0.29, 0.717) is 39.5 Å². The summed E-state index contributed by atoms with van der Waals surface area (Å²) >= 11 is 0. The molecule has 2 aliphatic rings. The Hall–Kier alpha value is -0.210. The molecule has 0 aromatic heterocycles. The average molecular weight is 278 g/mol. The lowest BCUT2D eigenvalue weighted by molar-refractivity contribution is 0.0213. The van der Waals surface area contributed by atoms with Crippen molar-refractivity contribution < 1.29 is 17.9 Å². The molecule has 0 aromatic rings. The van der Waals surface area contributed by atoms with E-state index in [1.807, 2.05) is 0 Å². The molecular formula is C11H22N2O4S. The van der Waals surface area contributed by atoms with Crippen LogP contribution in [-0.4, -0.2) is 59.3 Å². The summed E-state index contributed by atoms with van der Waals surface area (Å²) < 4.78 is 38.7. The van der Waals surface area contributed by atoms with Gasteiger partial charge < -0.3 is 9.47 Å². The largest absolute Gasteiger partial charge is 0.384 e. The third-order valence-corrected chi connectivity index (χ3v) is 5.36. The van der Waals surface area contributed by atoms with Crippen molar-refractivity contribution in [3.63, 3.8) is 0 Å². The van der Waals surface area contributed by atoms with Crippen molar-refractivity contribution in [3.8, 4) is 0 Å². The number of hydrogen-bond donors (Lipinski definition) is 1. The highest BCUT2D eigenvalue weighted by molar-refractivity contribution is 7.87. The molecule has 18 heavy (non-hydrogen) atoms. The molecular weight excluding hydrogens is 256 g/mol. The lowest BCUT2D eigenvalue weighted by atomic mass is 9.69. The van der Waals surface area contributed by atoms with Gasteiger partial charge in [-0.15, -0.1) is 0 Å². The number of rotatable bonds is 6. The normalized spacial score (nSPS) is 24.7. The Morgan fingerprint density at radius 3 is 2.50 bits per heavy atom. The van der Waals surface area contributed by atoms with Crippen LogP contribution < -0.4 is 4.72 Å². The molecule has 2 fully saturated rings. The summed E-state index contributed by atoms with van der Waals surface area (Å²) in [6, 6.07) is 0. The van der Waals surface area contributed by atoms with Gasteiger partial charge in [-0.1, -0.05) is 6.42 Å². The minimum Gasteiger partial charge on any atom is -0.384 e. The minimum absolute atomic E-state index is 0.00804. The van der Waals surface area contributed by atoms with Crippen LogP contribution in [0.3, 0.4) is 0 Å². The fourth-order valence-electron chi connectivity index (χ4n) is 2.48. The van der Waals surface area contributed by atoms with Gasteiger partial charge in [0.2, 0.25) is 0 Å². The van der Waals surface area contributed by atoms with E-state index in [-0.39, 0.29) is 5.41 Å². The lowest BCUT2D eigenvalue weighted by Crippen LogP contribution is -2.51. The van der Waals surface area contributed by atoms with Gasteiger partial charge in [0.25, 0.3) is 10.2 Å². The van der Waals surface area contributed by atoms with Crippen LogP contribution in [0, 0.1) is 5.41 Å². The van der Waals surface area contributed by atoms with Crippen molar-refractivity contribution in [1.29, 1.82) is 0 Å². The SMILES string of the molecule is COCC1(CNS(=O)(=O)N2CCOCC2)CCC1. The quantitative estimate of drug-likeness (QED) is 0.741. The highest BCUT2D eigenvalue weighted by Gasteiger charge is 2.38. The summed E-state index contributed by atoms with van der Waals surface area (Å²) in [6.45, 7) is 2.92. The van der Waals surface area contributed by atoms with E-state index >= 15 is 0 Å². The molecule has 0 radical (unpaired) electrons. The molecule has 1 N–H and O–H groups in total. The van der Waals surface area contributed by atoms with Gasteiger partial charge in [-0.3, -0.25) is 0 Å². The van der Waals surface area contributed by atoms with E-state index in [2.05, 4.69) is 4.72 Å². The molecule has 1 aliphatic heterocycles. The van der Waals surface area contributed by atoms with Gasteiger partial charge in [0.1, 0.15) is 0 Å². The molecule has 7 heteroatoms. The maximum atomic E-state index is 12.1. The van der Waals surface area contributed by atoms with Gasteiger partial charge in [-0.25, -0.2) is 4.72 Å². The first-order chi connectivity index (χ1) is 8.58. The zero-order chi connectivity index (χ0) is 13.1. The Bertz CT molecular complexity index is 361. The Morgan fingerprint density at radius 2 is 2.00 bits per heavy atom. The monoisotopic (exact) mass is 278 g/mol. The van der Waals surface area contributed by atoms with Crippen LogP contribution in [0.15, 0.2) is 0 Å². The summed E-state index contributed by atoms with van der Waals surface area (Å²) in [5.41, 5.74) is 0.00804. The summed E-state index contributed by atoms with van der Waals surface area (Å²) in [7, 11) is -1.70. The highest BCUT2D eigenvalue weighted by atomic mass is 32.2. The lowest BCUT2D eigenvalue weighted by Gasteiger charge is -2.41. The van der Waals surface area contributed by atoms with Crippen LogP contribution in [0.5, 0.6) is 0 Å². The molecule has 0 bridgehead atoms. The second-order valence-corrected chi connectivity index (χ2v) is 6.88. The van der Waals surface area contributed by atoms with Gasteiger partial charge in [0, 0.05) is 32.2 Å². The van der Waals surface area contributed by atoms with Crippen molar-refractivity contribution in [3.05, 3.63) is 0 Å². The highest BCUT2D eigenvalue weighted by Crippen LogP contribution is 2.40. The van der Waals surface area contributed by atoms with E-state index in [1.165, 1.54) is 4.31 Å². The molecule has 2 rings (SSSR count). The van der Waals surface area contributed by atoms with Crippen molar-refractivity contribution >= 4 is 10.2 Å². The van der Waals surface area contributed by atoms with Crippen molar-refractivity contribution in [2.75, 3.05) is 46.6 Å². The van der Waals surface area contributed by atoms with E-state index in [0.717, 1.165) is 19.3 Å². The van der Waals surface area contributed by atoms with E-state index in [4.69, 9.17) is 9.47 Å². The van der Waals surface area contributed by atoms with Crippen molar-refractivity contribution in [2.45, 2.75) is 19.3 Å². The molecule has 6 nitrogen and oxygen atoms in total. The third kappa shape index (κ3) is 3.21. The first-order valence-electron chi connectivity index (χ1n) is 6.39. The molecule has 1 saturated heterocycles. The molecule has 0 spiro atoms. The van der Waals surface area contributed by atoms with Gasteiger partial charge in [-0.2, -0.15) is 12.7 Å². The van der Waals surface area contributed by atoms with Crippen molar-refractivity contribution in [2.24, 2.45) is 5.41 Å². The minimum atomic E-state index is -3.36. The Kier molecular flexibility index (Phi) is 4.60. The molecule has 1 saturated carbocycles. The van der Waals surface area contributed by atoms with Gasteiger partial charge in [-0.05, 0) is 12.8 Å². The fraction of sp³-hybridized carbons (Fsp3) is 1.00. The summed E-state index contributed by atoms with van der Waals surface area (Å²) in [5.74, 6) is 0. The second-order valence-electron chi connectivity index (χ2n) is 5.12. The maximum absolute atomic E-state index is 12.1. The number of nitrogens with one attached hydrogen (secondary N) is 1. The molecule has 106 valence electrons. The Morgan fingerprint density at radius 1 is 1.33 bits per heavy atom. The first-order valence-corrected chi connectivity index (χ1v) is 7.83. The summed E-state index contributed by atoms with van der Waals surface area (Å²) in [4.78, 5) is 0. The van der Waals surface area contributed by atoms with Gasteiger partial charge in [0.05, 0.1) is 19.8 Å². The number of methoxy groups -OCH3 is 1. The smallest absolute Gasteiger partial charge is 0.279 e. The van der Waals surface area contributed by atoms with Crippen LogP contribution in [0.1, 0.15) is 19.3 Å². The zero-order valence-corrected chi connectivity index (χ0v) is 11.7. The summed E-state index contributed by atoms with van der Waals surface area (Å²) in [5, 5.41) is 0. The Labute approximate surface area is 109 Å². The molecule has 0 atom stereocenters. The zero-order valence-electron chi connectivity index (χ0n) is 10.9. The number of morpholine rings is 1. The van der Waals surface area contributed by atoms with Crippen LogP contribution in [0.2, 0.25) is 0 Å². The fourth-order valence-corrected chi connectivity index (χ4v) is 3.78. The average Bonchev–Trinajstić information content (AvgIpc) is 2.33. The summed E-state index contributed by atoms with van der Waals surface area (Å²) in [6.07, 6.45) is 3.22. The number of hydrogen-bond acceptors (Lipinski definition) is 4. The molecule has 0 unspecified atom stereocenters. The number of ether oxygens (including phenoxy) is 2. The first kappa shape index (κ1) is 14.2. The van der Waals surface area contributed by atoms with Crippen LogP contribution in [-0.2, 0) is 19.7 Å². The third-order valence-electron chi connectivity index (χ3n) is 3.80. The molecule has 0 amide bonds. The van der Waals surface area contributed by atoms with Crippen LogP contribution in [0.25, 0.3) is 0 Å². The standard InChI is InChI=1S/C11H22N2O4S/c1-16-10-11(3-2-4-11)9-12-18(14,15)13-5-7-17-8-6-13/h12H,2-10H2,1H3. The van der Waals surface area contributed by atoms with Gasteiger partial charge >= 0.3 is 0 Å². The molecule has 0 aromatic carbocycles. The molecule has 1 aliphatic carbocycles. The predicted molar refractivity (Wildman–Crippen MR) is 67.5 cm³/mol. The van der Waals surface area contributed by atoms with E-state index < -0.39 is 10.2 Å². The van der Waals surface area contributed by atoms with E-state index in [9.17, 15) is 8.42 Å². The van der Waals surface area contributed by atoms with Crippen LogP contribution >= 0.6 is 0 Å². The maximum Gasteiger partial charge on any atom is 0.279 e. The number of nitrogens with zero attached hydrogens (tertiary/aromatic N) is 1. The van der Waals surface area contributed by atoms with Crippen molar-refractivity contribution in [1.82, 2.24) is 9.03 Å². The molecule has 1 heterocycles.